The number of nitrogens with zero attached hydrogens (tertiary/aromatic N) is 2. The molecule has 2 aliphatic heterocycles. The summed E-state index contributed by atoms with van der Waals surface area (Å²) in [6, 6.07) is 6.92. The van der Waals surface area contributed by atoms with Gasteiger partial charge in [0.05, 0.1) is 13.2 Å². The van der Waals surface area contributed by atoms with Crippen LogP contribution < -0.4 is 15.7 Å². The van der Waals surface area contributed by atoms with Crippen molar-refractivity contribution in [2.45, 2.75) is 61.7 Å². The molecule has 2 aliphatic rings. The molecule has 17 heteroatoms. The summed E-state index contributed by atoms with van der Waals surface area (Å²) in [5.41, 5.74) is -0.736. The molecule has 40 heavy (non-hydrogen) atoms. The molecule has 0 saturated carbocycles. The molecule has 2 fully saturated rings. The van der Waals surface area contributed by atoms with Crippen LogP contribution in [0.3, 0.4) is 0 Å². The highest BCUT2D eigenvalue weighted by molar-refractivity contribution is 5.83. The number of alkyl halides is 2. The number of hydrogen-bond acceptors (Lipinski definition) is 13. The van der Waals surface area contributed by atoms with E-state index in [0.717, 1.165) is 12.3 Å². The number of aliphatic hydroxyl groups excluding tert-OH is 6. The monoisotopic (exact) mass is 575 g/mol. The molecule has 3 heterocycles. The zero-order valence-electron chi connectivity index (χ0n) is 20.5. The zero-order chi connectivity index (χ0) is 29.2. The van der Waals surface area contributed by atoms with Gasteiger partial charge in [-0.2, -0.15) is 13.8 Å². The van der Waals surface area contributed by atoms with E-state index in [0.29, 0.717) is 10.1 Å². The number of amides is 1. The summed E-state index contributed by atoms with van der Waals surface area (Å²) in [4.78, 5) is 27.9. The summed E-state index contributed by atoms with van der Waals surface area (Å²) < 4.78 is 49.6. The van der Waals surface area contributed by atoms with Crippen molar-refractivity contribution in [1.29, 1.82) is 0 Å². The summed E-state index contributed by atoms with van der Waals surface area (Å²) >= 11 is 0. The SMILES string of the molecule is O=C(Nc1ccn([C@@H]2O[C@H](CO)C(O)C2(F)F)c(=O)n1)OCc1ccc(O[C@@H]2OC(CO)[C@H](O)C(O)C2O)cc1. The topological polar surface area (TPSA) is 222 Å². The average Bonchev–Trinajstić information content (AvgIpc) is 3.16. The lowest BCUT2D eigenvalue weighted by Gasteiger charge is -2.39. The number of rotatable bonds is 8. The predicted molar refractivity (Wildman–Crippen MR) is 125 cm³/mol. The number of aromatic nitrogens is 2. The first-order chi connectivity index (χ1) is 19.0. The second-order valence-corrected chi connectivity index (χ2v) is 8.99. The van der Waals surface area contributed by atoms with Gasteiger partial charge in [0.15, 0.2) is 6.10 Å². The maximum absolute atomic E-state index is 14.3. The maximum Gasteiger partial charge on any atom is 0.413 e. The van der Waals surface area contributed by atoms with Crippen molar-refractivity contribution in [3.63, 3.8) is 0 Å². The fourth-order valence-electron chi connectivity index (χ4n) is 4.03. The fraction of sp³-hybridized carbons (Fsp3) is 0.522. The Hall–Kier alpha value is -3.29. The molecule has 2 saturated heterocycles. The molecule has 0 aliphatic carbocycles. The van der Waals surface area contributed by atoms with Crippen LogP contribution in [-0.2, 0) is 20.8 Å². The van der Waals surface area contributed by atoms with Crippen LogP contribution in [0.25, 0.3) is 0 Å². The van der Waals surface area contributed by atoms with E-state index in [2.05, 4.69) is 10.3 Å². The van der Waals surface area contributed by atoms with E-state index in [-0.39, 0.29) is 18.2 Å². The first kappa shape index (κ1) is 29.7. The number of benzene rings is 1. The molecule has 4 unspecified atom stereocenters. The van der Waals surface area contributed by atoms with Crippen LogP contribution in [0.5, 0.6) is 5.75 Å². The van der Waals surface area contributed by atoms with Crippen molar-refractivity contribution in [1.82, 2.24) is 9.55 Å². The average molecular weight is 575 g/mol. The number of halogens is 2. The normalized spacial score (nSPS) is 31.5. The molecule has 8 atom stereocenters. The number of carbonyl (C=O) groups is 1. The van der Waals surface area contributed by atoms with Crippen LogP contribution in [0.15, 0.2) is 41.3 Å². The summed E-state index contributed by atoms with van der Waals surface area (Å²) in [6.45, 7) is -1.75. The van der Waals surface area contributed by atoms with Crippen LogP contribution in [0, 0.1) is 0 Å². The van der Waals surface area contributed by atoms with E-state index in [1.165, 1.54) is 24.3 Å². The van der Waals surface area contributed by atoms with Gasteiger partial charge in [0.25, 0.3) is 0 Å². The first-order valence-electron chi connectivity index (χ1n) is 11.9. The molecule has 2 aromatic rings. The highest BCUT2D eigenvalue weighted by atomic mass is 19.3. The smallest absolute Gasteiger partial charge is 0.413 e. The lowest BCUT2D eigenvalue weighted by atomic mass is 9.99. The Bertz CT molecular complexity index is 1230. The van der Waals surface area contributed by atoms with Gasteiger partial charge in [0, 0.05) is 6.20 Å². The Morgan fingerprint density at radius 1 is 1.00 bits per heavy atom. The Balaban J connectivity index is 1.30. The molecule has 0 radical (unpaired) electrons. The zero-order valence-corrected chi connectivity index (χ0v) is 20.5. The standard InChI is InChI=1S/C23H27F2N3O12/c24-23(25)18(34)13(8-30)40-20(23)28-6-5-14(26-21(28)35)27-22(36)37-9-10-1-3-11(4-2-10)38-19-17(33)16(32)15(31)12(7-29)39-19/h1-6,12-13,15-20,29-34H,7-9H2,(H,26,27,35,36)/t12?,13-,15+,16?,17?,18?,19-,20-/m1/s1. The molecule has 0 spiro atoms. The molecule has 15 nitrogen and oxygen atoms in total. The quantitative estimate of drug-likeness (QED) is 0.182. The summed E-state index contributed by atoms with van der Waals surface area (Å²) in [5, 5.41) is 59.8. The number of carbonyl (C=O) groups excluding carboxylic acids is 1. The number of anilines is 1. The Kier molecular flexibility index (Phi) is 8.96. The minimum atomic E-state index is -3.89. The van der Waals surface area contributed by atoms with Gasteiger partial charge in [-0.05, 0) is 23.8 Å². The lowest BCUT2D eigenvalue weighted by Crippen LogP contribution is -2.60. The van der Waals surface area contributed by atoms with Gasteiger partial charge in [-0.25, -0.2) is 9.59 Å². The Morgan fingerprint density at radius 2 is 1.68 bits per heavy atom. The first-order valence-corrected chi connectivity index (χ1v) is 11.9. The van der Waals surface area contributed by atoms with Crippen molar-refractivity contribution < 1.29 is 63.2 Å². The van der Waals surface area contributed by atoms with Crippen LogP contribution in [0.4, 0.5) is 19.4 Å². The van der Waals surface area contributed by atoms with Gasteiger partial charge < -0.3 is 49.6 Å². The van der Waals surface area contributed by atoms with E-state index in [9.17, 15) is 43.9 Å². The van der Waals surface area contributed by atoms with E-state index >= 15 is 0 Å². The lowest BCUT2D eigenvalue weighted by molar-refractivity contribution is -0.277. The minimum Gasteiger partial charge on any atom is -0.462 e. The molecule has 1 amide bonds. The highest BCUT2D eigenvalue weighted by Crippen LogP contribution is 2.42. The van der Waals surface area contributed by atoms with Crippen LogP contribution in [0.1, 0.15) is 11.8 Å². The molecule has 220 valence electrons. The molecule has 1 aromatic heterocycles. The number of nitrogens with one attached hydrogen (secondary N) is 1. The van der Waals surface area contributed by atoms with E-state index in [1.54, 1.807) is 0 Å². The van der Waals surface area contributed by atoms with Gasteiger partial charge in [0.1, 0.15) is 48.7 Å². The molecule has 0 bridgehead atoms. The van der Waals surface area contributed by atoms with Gasteiger partial charge >= 0.3 is 17.7 Å². The third-order valence-corrected chi connectivity index (χ3v) is 6.27. The predicted octanol–water partition coefficient (Wildman–Crippen LogP) is -1.94. The van der Waals surface area contributed by atoms with Crippen molar-refractivity contribution in [2.75, 3.05) is 18.5 Å². The van der Waals surface area contributed by atoms with E-state index in [1.807, 2.05) is 0 Å². The second-order valence-electron chi connectivity index (χ2n) is 8.99. The van der Waals surface area contributed by atoms with E-state index in [4.69, 9.17) is 24.1 Å². The van der Waals surface area contributed by atoms with Gasteiger partial charge in [-0.3, -0.25) is 9.88 Å². The largest absolute Gasteiger partial charge is 0.462 e. The highest BCUT2D eigenvalue weighted by Gasteiger charge is 2.59. The Labute approximate surface area is 223 Å². The van der Waals surface area contributed by atoms with Crippen molar-refractivity contribution in [3.8, 4) is 5.75 Å². The van der Waals surface area contributed by atoms with Crippen molar-refractivity contribution in [2.24, 2.45) is 0 Å². The van der Waals surface area contributed by atoms with Crippen LogP contribution in [-0.4, -0.2) is 108 Å². The van der Waals surface area contributed by atoms with Gasteiger partial charge in [-0.15, -0.1) is 0 Å². The molecular formula is C23H27F2N3O12. The molecule has 1 aromatic carbocycles. The number of hydrogen-bond donors (Lipinski definition) is 7. The molecule has 4 rings (SSSR count). The number of aliphatic hydroxyl groups is 6. The third-order valence-electron chi connectivity index (χ3n) is 6.27. The Morgan fingerprint density at radius 3 is 2.27 bits per heavy atom. The van der Waals surface area contributed by atoms with Crippen molar-refractivity contribution in [3.05, 3.63) is 52.6 Å². The summed E-state index contributed by atoms with van der Waals surface area (Å²) in [5.74, 6) is -4.01. The van der Waals surface area contributed by atoms with Crippen LogP contribution in [0.2, 0.25) is 0 Å². The second kappa shape index (κ2) is 12.1. The maximum atomic E-state index is 14.3. The fourth-order valence-corrected chi connectivity index (χ4v) is 4.03. The van der Waals surface area contributed by atoms with Gasteiger partial charge in [0.2, 0.25) is 12.5 Å². The van der Waals surface area contributed by atoms with Crippen molar-refractivity contribution >= 4 is 11.9 Å². The third kappa shape index (κ3) is 6.06. The minimum absolute atomic E-state index is 0.192. The molecule has 7 N–H and O–H groups in total. The van der Waals surface area contributed by atoms with Crippen LogP contribution >= 0.6 is 0 Å². The van der Waals surface area contributed by atoms with E-state index < -0.39 is 80.1 Å². The summed E-state index contributed by atoms with van der Waals surface area (Å²) in [6.07, 6.45) is -13.5. The number of ether oxygens (including phenoxy) is 4. The summed E-state index contributed by atoms with van der Waals surface area (Å²) in [7, 11) is 0. The molecular weight excluding hydrogens is 548 g/mol. The van der Waals surface area contributed by atoms with Gasteiger partial charge in [-0.1, -0.05) is 12.1 Å².